The smallest absolute Gasteiger partial charge is 0.311 e. The standard InChI is InChI=1S/C16H16N2O2/c1-9(2)15(16(19)20)10-3-4-11-12-8-17-6-5-13(12)18-14(11)7-10/h3-9,15,18H,1-2H3,(H,19,20). The van der Waals surface area contributed by atoms with E-state index >= 15 is 0 Å². The van der Waals surface area contributed by atoms with E-state index in [1.54, 1.807) is 6.20 Å². The largest absolute Gasteiger partial charge is 0.481 e. The Balaban J connectivity index is 2.20. The average Bonchev–Trinajstić information content (AvgIpc) is 2.75. The molecule has 0 saturated carbocycles. The van der Waals surface area contributed by atoms with Crippen molar-refractivity contribution in [2.45, 2.75) is 19.8 Å². The number of aromatic nitrogens is 2. The molecule has 0 aliphatic rings. The molecule has 0 amide bonds. The van der Waals surface area contributed by atoms with Crippen LogP contribution in [-0.2, 0) is 4.79 Å². The Morgan fingerprint density at radius 3 is 2.70 bits per heavy atom. The van der Waals surface area contributed by atoms with Crippen LogP contribution in [0, 0.1) is 5.92 Å². The molecule has 0 aliphatic heterocycles. The van der Waals surface area contributed by atoms with Gasteiger partial charge in [-0.3, -0.25) is 9.78 Å². The van der Waals surface area contributed by atoms with E-state index in [1.807, 2.05) is 44.3 Å². The molecule has 3 aromatic rings. The van der Waals surface area contributed by atoms with E-state index < -0.39 is 11.9 Å². The van der Waals surface area contributed by atoms with Gasteiger partial charge in [-0.25, -0.2) is 0 Å². The highest BCUT2D eigenvalue weighted by molar-refractivity contribution is 6.07. The minimum absolute atomic E-state index is 0.0518. The van der Waals surface area contributed by atoms with Crippen LogP contribution in [0.4, 0.5) is 0 Å². The molecular weight excluding hydrogens is 252 g/mol. The zero-order chi connectivity index (χ0) is 14.3. The fourth-order valence-electron chi connectivity index (χ4n) is 2.77. The number of aliphatic carboxylic acids is 1. The minimum atomic E-state index is -0.780. The second kappa shape index (κ2) is 4.63. The first-order valence-corrected chi connectivity index (χ1v) is 6.66. The number of pyridine rings is 1. The molecule has 102 valence electrons. The summed E-state index contributed by atoms with van der Waals surface area (Å²) in [4.78, 5) is 18.9. The van der Waals surface area contributed by atoms with Gasteiger partial charge in [0.1, 0.15) is 0 Å². The number of carboxylic acid groups (broad SMARTS) is 1. The summed E-state index contributed by atoms with van der Waals surface area (Å²) in [5.41, 5.74) is 2.81. The number of carboxylic acids is 1. The molecule has 0 fully saturated rings. The van der Waals surface area contributed by atoms with Gasteiger partial charge in [0.2, 0.25) is 0 Å². The summed E-state index contributed by atoms with van der Waals surface area (Å²) in [6, 6.07) is 7.74. The maximum Gasteiger partial charge on any atom is 0.311 e. The lowest BCUT2D eigenvalue weighted by Crippen LogP contribution is -2.17. The second-order valence-electron chi connectivity index (χ2n) is 5.41. The predicted molar refractivity (Wildman–Crippen MR) is 78.8 cm³/mol. The van der Waals surface area contributed by atoms with E-state index in [0.29, 0.717) is 0 Å². The van der Waals surface area contributed by atoms with Gasteiger partial charge in [-0.15, -0.1) is 0 Å². The van der Waals surface area contributed by atoms with E-state index in [4.69, 9.17) is 0 Å². The summed E-state index contributed by atoms with van der Waals surface area (Å²) >= 11 is 0. The van der Waals surface area contributed by atoms with Gasteiger partial charge in [0, 0.05) is 34.2 Å². The van der Waals surface area contributed by atoms with Gasteiger partial charge in [0.05, 0.1) is 5.92 Å². The summed E-state index contributed by atoms with van der Waals surface area (Å²) < 4.78 is 0. The Labute approximate surface area is 116 Å². The van der Waals surface area contributed by atoms with Gasteiger partial charge in [-0.2, -0.15) is 0 Å². The van der Waals surface area contributed by atoms with Crippen molar-refractivity contribution in [3.8, 4) is 0 Å². The number of H-pyrrole nitrogens is 1. The Hall–Kier alpha value is -2.36. The average molecular weight is 268 g/mol. The SMILES string of the molecule is CC(C)C(C(=O)O)c1ccc2c(c1)[nH]c1ccncc12. The molecule has 3 rings (SSSR count). The van der Waals surface area contributed by atoms with Crippen LogP contribution >= 0.6 is 0 Å². The molecule has 0 bridgehead atoms. The second-order valence-corrected chi connectivity index (χ2v) is 5.41. The molecular formula is C16H16N2O2. The topological polar surface area (TPSA) is 66.0 Å². The normalized spacial score (nSPS) is 13.2. The van der Waals surface area contributed by atoms with Crippen LogP contribution in [0.5, 0.6) is 0 Å². The number of rotatable bonds is 3. The fraction of sp³-hybridized carbons (Fsp3) is 0.250. The van der Waals surface area contributed by atoms with Crippen LogP contribution in [0.2, 0.25) is 0 Å². The Morgan fingerprint density at radius 2 is 2.00 bits per heavy atom. The number of hydrogen-bond donors (Lipinski definition) is 2. The first-order chi connectivity index (χ1) is 9.58. The Morgan fingerprint density at radius 1 is 1.20 bits per heavy atom. The maximum absolute atomic E-state index is 11.4. The van der Waals surface area contributed by atoms with Gasteiger partial charge >= 0.3 is 5.97 Å². The zero-order valence-electron chi connectivity index (χ0n) is 11.4. The highest BCUT2D eigenvalue weighted by Gasteiger charge is 2.24. The highest BCUT2D eigenvalue weighted by atomic mass is 16.4. The van der Waals surface area contributed by atoms with Crippen molar-refractivity contribution in [2.75, 3.05) is 0 Å². The van der Waals surface area contributed by atoms with Crippen LogP contribution in [0.25, 0.3) is 21.8 Å². The molecule has 2 N–H and O–H groups in total. The van der Waals surface area contributed by atoms with Crippen molar-refractivity contribution in [1.29, 1.82) is 0 Å². The molecule has 1 aromatic carbocycles. The van der Waals surface area contributed by atoms with E-state index in [9.17, 15) is 9.90 Å². The molecule has 0 spiro atoms. The number of fused-ring (bicyclic) bond motifs is 3. The third-order valence-corrected chi connectivity index (χ3v) is 3.72. The van der Waals surface area contributed by atoms with Gasteiger partial charge in [0.15, 0.2) is 0 Å². The number of aromatic amines is 1. The summed E-state index contributed by atoms with van der Waals surface area (Å²) in [5, 5.41) is 11.5. The number of benzene rings is 1. The van der Waals surface area contributed by atoms with Crippen molar-refractivity contribution < 1.29 is 9.90 Å². The molecule has 4 nitrogen and oxygen atoms in total. The quantitative estimate of drug-likeness (QED) is 0.763. The molecule has 2 aromatic heterocycles. The van der Waals surface area contributed by atoms with Gasteiger partial charge in [0.25, 0.3) is 0 Å². The summed E-state index contributed by atoms with van der Waals surface area (Å²) in [6.45, 7) is 3.86. The Bertz CT molecular complexity index is 789. The molecule has 20 heavy (non-hydrogen) atoms. The fourth-order valence-corrected chi connectivity index (χ4v) is 2.77. The van der Waals surface area contributed by atoms with Crippen LogP contribution in [0.1, 0.15) is 25.3 Å². The van der Waals surface area contributed by atoms with Crippen molar-refractivity contribution >= 4 is 27.8 Å². The van der Waals surface area contributed by atoms with Gasteiger partial charge in [-0.05, 0) is 23.6 Å². The maximum atomic E-state index is 11.4. The lowest BCUT2D eigenvalue weighted by molar-refractivity contribution is -0.139. The third kappa shape index (κ3) is 1.93. The number of hydrogen-bond acceptors (Lipinski definition) is 2. The number of nitrogens with zero attached hydrogens (tertiary/aromatic N) is 1. The molecule has 1 unspecified atom stereocenters. The first-order valence-electron chi connectivity index (χ1n) is 6.66. The monoisotopic (exact) mass is 268 g/mol. The van der Waals surface area contributed by atoms with E-state index in [2.05, 4.69) is 9.97 Å². The number of nitrogens with one attached hydrogen (secondary N) is 1. The van der Waals surface area contributed by atoms with Crippen molar-refractivity contribution in [3.63, 3.8) is 0 Å². The summed E-state index contributed by atoms with van der Waals surface area (Å²) in [6.07, 6.45) is 3.57. The van der Waals surface area contributed by atoms with Crippen LogP contribution in [0.15, 0.2) is 36.7 Å². The predicted octanol–water partition coefficient (Wildman–Crippen LogP) is 3.54. The van der Waals surface area contributed by atoms with Gasteiger partial charge in [-0.1, -0.05) is 26.0 Å². The molecule has 0 radical (unpaired) electrons. The van der Waals surface area contributed by atoms with Gasteiger partial charge < -0.3 is 10.1 Å². The van der Waals surface area contributed by atoms with Crippen molar-refractivity contribution in [1.82, 2.24) is 9.97 Å². The summed E-state index contributed by atoms with van der Waals surface area (Å²) in [5.74, 6) is -1.21. The van der Waals surface area contributed by atoms with E-state index in [-0.39, 0.29) is 5.92 Å². The lowest BCUT2D eigenvalue weighted by atomic mass is 9.88. The highest BCUT2D eigenvalue weighted by Crippen LogP contribution is 2.30. The van der Waals surface area contributed by atoms with Crippen LogP contribution in [-0.4, -0.2) is 21.0 Å². The Kier molecular flexibility index (Phi) is 2.93. The molecule has 0 aliphatic carbocycles. The zero-order valence-corrected chi connectivity index (χ0v) is 11.4. The molecule has 0 saturated heterocycles. The summed E-state index contributed by atoms with van der Waals surface area (Å²) in [7, 11) is 0. The van der Waals surface area contributed by atoms with Crippen LogP contribution in [0.3, 0.4) is 0 Å². The van der Waals surface area contributed by atoms with Crippen molar-refractivity contribution in [2.24, 2.45) is 5.92 Å². The molecule has 1 atom stereocenters. The van der Waals surface area contributed by atoms with E-state index in [1.165, 1.54) is 0 Å². The third-order valence-electron chi connectivity index (χ3n) is 3.72. The van der Waals surface area contributed by atoms with E-state index in [0.717, 1.165) is 27.4 Å². The molecule has 2 heterocycles. The van der Waals surface area contributed by atoms with Crippen LogP contribution < -0.4 is 0 Å². The van der Waals surface area contributed by atoms with Crippen molar-refractivity contribution in [3.05, 3.63) is 42.2 Å². The number of carbonyl (C=O) groups is 1. The lowest BCUT2D eigenvalue weighted by Gasteiger charge is -2.16. The molecule has 4 heteroatoms. The minimum Gasteiger partial charge on any atom is -0.481 e. The first kappa shape index (κ1) is 12.7.